The SMILES string of the molecule is CCS(=O)(=O)CNC1Cc2cc(C(=O)OC)ccc2OC1(C)C. The number of carbonyl (C=O) groups excluding carboxylic acids is 1. The highest BCUT2D eigenvalue weighted by molar-refractivity contribution is 7.91. The van der Waals surface area contributed by atoms with Crippen molar-refractivity contribution >= 4 is 15.8 Å². The fourth-order valence-electron chi connectivity index (χ4n) is 2.55. The Kier molecular flexibility index (Phi) is 5.01. The molecule has 0 fully saturated rings. The summed E-state index contributed by atoms with van der Waals surface area (Å²) < 4.78 is 34.1. The third-order valence-corrected chi connectivity index (χ3v) is 5.59. The normalized spacial score (nSPS) is 19.6. The molecule has 1 aliphatic heterocycles. The summed E-state index contributed by atoms with van der Waals surface area (Å²) in [5.41, 5.74) is 0.761. The van der Waals surface area contributed by atoms with Gasteiger partial charge in [-0.05, 0) is 44.0 Å². The molecule has 2 rings (SSSR count). The molecular formula is C16H23NO5S. The molecule has 0 radical (unpaired) electrons. The number of nitrogens with one attached hydrogen (secondary N) is 1. The molecule has 1 heterocycles. The van der Waals surface area contributed by atoms with Crippen molar-refractivity contribution in [2.75, 3.05) is 18.7 Å². The van der Waals surface area contributed by atoms with Crippen molar-refractivity contribution in [1.82, 2.24) is 5.32 Å². The van der Waals surface area contributed by atoms with Crippen LogP contribution in [0.4, 0.5) is 0 Å². The minimum absolute atomic E-state index is 0.0903. The van der Waals surface area contributed by atoms with E-state index >= 15 is 0 Å². The van der Waals surface area contributed by atoms with Crippen LogP contribution in [-0.4, -0.2) is 44.8 Å². The van der Waals surface area contributed by atoms with Crippen molar-refractivity contribution in [3.05, 3.63) is 29.3 Å². The van der Waals surface area contributed by atoms with Crippen molar-refractivity contribution < 1.29 is 22.7 Å². The summed E-state index contributed by atoms with van der Waals surface area (Å²) in [5.74, 6) is 0.305. The maximum absolute atomic E-state index is 11.7. The van der Waals surface area contributed by atoms with Gasteiger partial charge in [-0.2, -0.15) is 0 Å². The van der Waals surface area contributed by atoms with E-state index in [4.69, 9.17) is 9.47 Å². The zero-order valence-corrected chi connectivity index (χ0v) is 14.7. The molecule has 0 aromatic heterocycles. The number of rotatable bonds is 5. The molecule has 0 spiro atoms. The van der Waals surface area contributed by atoms with E-state index in [1.54, 1.807) is 25.1 Å². The maximum atomic E-state index is 11.7. The first-order chi connectivity index (χ1) is 10.7. The Bertz CT molecular complexity index is 696. The molecule has 0 saturated heterocycles. The monoisotopic (exact) mass is 341 g/mol. The summed E-state index contributed by atoms with van der Waals surface area (Å²) in [6, 6.07) is 4.97. The van der Waals surface area contributed by atoms with Gasteiger partial charge in [-0.3, -0.25) is 5.32 Å². The van der Waals surface area contributed by atoms with Gasteiger partial charge in [0.25, 0.3) is 0 Å². The Balaban J connectivity index is 2.23. The molecule has 0 bridgehead atoms. The first kappa shape index (κ1) is 17.7. The van der Waals surface area contributed by atoms with Gasteiger partial charge in [-0.25, -0.2) is 13.2 Å². The van der Waals surface area contributed by atoms with Crippen LogP contribution in [0.5, 0.6) is 5.75 Å². The smallest absolute Gasteiger partial charge is 0.337 e. The summed E-state index contributed by atoms with van der Waals surface area (Å²) >= 11 is 0. The van der Waals surface area contributed by atoms with E-state index in [-0.39, 0.29) is 17.7 Å². The highest BCUT2D eigenvalue weighted by atomic mass is 32.2. The highest BCUT2D eigenvalue weighted by Gasteiger charge is 2.37. The second-order valence-corrected chi connectivity index (χ2v) is 8.51. The van der Waals surface area contributed by atoms with Crippen LogP contribution in [0, 0.1) is 0 Å². The Hall–Kier alpha value is -1.60. The molecule has 1 aliphatic rings. The second-order valence-electron chi connectivity index (χ2n) is 6.16. The van der Waals surface area contributed by atoms with Gasteiger partial charge < -0.3 is 9.47 Å². The van der Waals surface area contributed by atoms with Crippen molar-refractivity contribution in [3.63, 3.8) is 0 Å². The van der Waals surface area contributed by atoms with Gasteiger partial charge in [0, 0.05) is 5.75 Å². The molecule has 0 saturated carbocycles. The van der Waals surface area contributed by atoms with Crippen LogP contribution in [0.1, 0.15) is 36.7 Å². The predicted octanol–water partition coefficient (Wildman–Crippen LogP) is 1.54. The first-order valence-corrected chi connectivity index (χ1v) is 9.34. The second kappa shape index (κ2) is 6.49. The number of ether oxygens (including phenoxy) is 2. The Morgan fingerprint density at radius 2 is 2.13 bits per heavy atom. The van der Waals surface area contributed by atoms with Gasteiger partial charge in [0.15, 0.2) is 9.84 Å². The lowest BCUT2D eigenvalue weighted by molar-refractivity contribution is 0.0504. The predicted molar refractivity (Wildman–Crippen MR) is 87.4 cm³/mol. The molecule has 6 nitrogen and oxygen atoms in total. The van der Waals surface area contributed by atoms with Gasteiger partial charge in [-0.15, -0.1) is 0 Å². The van der Waals surface area contributed by atoms with Crippen LogP contribution in [0.3, 0.4) is 0 Å². The van der Waals surface area contributed by atoms with Crippen molar-refractivity contribution in [3.8, 4) is 5.75 Å². The van der Waals surface area contributed by atoms with Crippen LogP contribution in [-0.2, 0) is 21.0 Å². The van der Waals surface area contributed by atoms with E-state index in [0.717, 1.165) is 5.56 Å². The standard InChI is InChI=1S/C16H23NO5S/c1-5-23(19,20)10-17-14-9-12-8-11(15(18)21-4)6-7-13(12)22-16(14,2)3/h6-8,14,17H,5,9-10H2,1-4H3. The summed E-state index contributed by atoms with van der Waals surface area (Å²) in [7, 11) is -1.78. The lowest BCUT2D eigenvalue weighted by Gasteiger charge is -2.40. The van der Waals surface area contributed by atoms with E-state index in [0.29, 0.717) is 17.7 Å². The summed E-state index contributed by atoms with van der Waals surface area (Å²) in [4.78, 5) is 11.6. The van der Waals surface area contributed by atoms with E-state index in [2.05, 4.69) is 5.32 Å². The molecule has 128 valence electrons. The minimum Gasteiger partial charge on any atom is -0.486 e. The number of esters is 1. The molecule has 23 heavy (non-hydrogen) atoms. The Labute approximate surface area is 137 Å². The van der Waals surface area contributed by atoms with Crippen molar-refractivity contribution in [2.24, 2.45) is 0 Å². The molecule has 1 aromatic rings. The quantitative estimate of drug-likeness (QED) is 0.818. The fraction of sp³-hybridized carbons (Fsp3) is 0.562. The number of hydrogen-bond donors (Lipinski definition) is 1. The molecule has 0 amide bonds. The molecular weight excluding hydrogens is 318 g/mol. The molecule has 1 unspecified atom stereocenters. The summed E-state index contributed by atoms with van der Waals surface area (Å²) in [5, 5.41) is 3.08. The number of hydrogen-bond acceptors (Lipinski definition) is 6. The highest BCUT2D eigenvalue weighted by Crippen LogP contribution is 2.34. The van der Waals surface area contributed by atoms with Gasteiger partial charge in [0.2, 0.25) is 0 Å². The van der Waals surface area contributed by atoms with Gasteiger partial charge in [0.1, 0.15) is 11.4 Å². The zero-order valence-electron chi connectivity index (χ0n) is 13.9. The zero-order chi connectivity index (χ0) is 17.3. The van der Waals surface area contributed by atoms with Crippen LogP contribution < -0.4 is 10.1 Å². The van der Waals surface area contributed by atoms with Gasteiger partial charge in [-0.1, -0.05) is 6.92 Å². The lowest BCUT2D eigenvalue weighted by Crippen LogP contribution is -2.55. The fourth-order valence-corrected chi connectivity index (χ4v) is 3.21. The van der Waals surface area contributed by atoms with Crippen LogP contribution in [0.15, 0.2) is 18.2 Å². The summed E-state index contributed by atoms with van der Waals surface area (Å²) in [6.45, 7) is 5.46. The third kappa shape index (κ3) is 4.03. The van der Waals surface area contributed by atoms with Crippen molar-refractivity contribution in [2.45, 2.75) is 38.8 Å². The number of fused-ring (bicyclic) bond motifs is 1. The number of sulfone groups is 1. The van der Waals surface area contributed by atoms with E-state index in [1.807, 2.05) is 13.8 Å². The molecule has 7 heteroatoms. The molecule has 1 atom stereocenters. The number of methoxy groups -OCH3 is 1. The molecule has 1 aromatic carbocycles. The van der Waals surface area contributed by atoms with Crippen LogP contribution in [0.2, 0.25) is 0 Å². The van der Waals surface area contributed by atoms with Gasteiger partial charge in [0.05, 0.1) is 24.6 Å². The Morgan fingerprint density at radius 3 is 2.74 bits per heavy atom. The average molecular weight is 341 g/mol. The Morgan fingerprint density at radius 1 is 1.43 bits per heavy atom. The van der Waals surface area contributed by atoms with Gasteiger partial charge >= 0.3 is 5.97 Å². The minimum atomic E-state index is -3.11. The summed E-state index contributed by atoms with van der Waals surface area (Å²) in [6.07, 6.45) is 0.576. The number of benzene rings is 1. The first-order valence-electron chi connectivity index (χ1n) is 7.52. The third-order valence-electron chi connectivity index (χ3n) is 4.11. The topological polar surface area (TPSA) is 81.7 Å². The number of carbonyl (C=O) groups is 1. The average Bonchev–Trinajstić information content (AvgIpc) is 2.51. The van der Waals surface area contributed by atoms with Crippen molar-refractivity contribution in [1.29, 1.82) is 0 Å². The maximum Gasteiger partial charge on any atom is 0.337 e. The van der Waals surface area contributed by atoms with E-state index < -0.39 is 21.4 Å². The van der Waals surface area contributed by atoms with Crippen LogP contribution >= 0.6 is 0 Å². The van der Waals surface area contributed by atoms with Crippen LogP contribution in [0.25, 0.3) is 0 Å². The molecule has 0 aliphatic carbocycles. The molecule has 1 N–H and O–H groups in total. The van der Waals surface area contributed by atoms with E-state index in [9.17, 15) is 13.2 Å². The largest absolute Gasteiger partial charge is 0.486 e. The lowest BCUT2D eigenvalue weighted by atomic mass is 9.88. The van der Waals surface area contributed by atoms with E-state index in [1.165, 1.54) is 7.11 Å².